The lowest BCUT2D eigenvalue weighted by Crippen LogP contribution is -2.67. The molecule has 1 fully saturated rings. The molecule has 0 spiro atoms. The van der Waals surface area contributed by atoms with Gasteiger partial charge in [0, 0.05) is 12.5 Å². The molecule has 1 heterocycles. The van der Waals surface area contributed by atoms with E-state index in [9.17, 15) is 5.11 Å². The number of benzene rings is 2. The smallest absolute Gasteiger partial charge is 0.261 e. The standard InChI is InChI=1S/C27H40O3Si/c1-21(24-27(7,30-24)19-18-26(5,6)28)20-29-31(25(2,3)4,22-14-10-8-11-15-22)23-16-12-9-13-17-23/h8-17,21,24,28H,18-20H2,1-7H3/t21-,24?,27?/m0/s1. The third kappa shape index (κ3) is 5.31. The summed E-state index contributed by atoms with van der Waals surface area (Å²) in [6, 6.07) is 21.6. The highest BCUT2D eigenvalue weighted by atomic mass is 28.4. The molecule has 0 aromatic heterocycles. The van der Waals surface area contributed by atoms with Gasteiger partial charge in [-0.05, 0) is 49.0 Å². The van der Waals surface area contributed by atoms with Gasteiger partial charge in [-0.2, -0.15) is 0 Å². The Morgan fingerprint density at radius 1 is 0.968 bits per heavy atom. The Labute approximate surface area is 189 Å². The van der Waals surface area contributed by atoms with Crippen molar-refractivity contribution >= 4 is 18.7 Å². The third-order valence-electron chi connectivity index (χ3n) is 6.67. The lowest BCUT2D eigenvalue weighted by Gasteiger charge is -2.43. The van der Waals surface area contributed by atoms with Crippen molar-refractivity contribution in [3.8, 4) is 0 Å². The molecule has 4 heteroatoms. The number of epoxide rings is 1. The second kappa shape index (κ2) is 8.82. The first kappa shape index (κ1) is 24.2. The Kier molecular flexibility index (Phi) is 6.88. The predicted octanol–water partition coefficient (Wildman–Crippen LogP) is 4.91. The van der Waals surface area contributed by atoms with Crippen molar-refractivity contribution < 1.29 is 14.3 Å². The maximum Gasteiger partial charge on any atom is 0.261 e. The number of hydrogen-bond acceptors (Lipinski definition) is 3. The zero-order chi connectivity index (χ0) is 22.9. The molecule has 0 radical (unpaired) electrons. The zero-order valence-corrected chi connectivity index (χ0v) is 21.3. The van der Waals surface area contributed by atoms with Gasteiger partial charge in [0.15, 0.2) is 0 Å². The Morgan fingerprint density at radius 3 is 1.87 bits per heavy atom. The molecule has 2 unspecified atom stereocenters. The molecule has 2 aromatic rings. The molecule has 31 heavy (non-hydrogen) atoms. The minimum atomic E-state index is -2.52. The van der Waals surface area contributed by atoms with Crippen LogP contribution in [0.2, 0.25) is 5.04 Å². The summed E-state index contributed by atoms with van der Waals surface area (Å²) in [5.74, 6) is 0.286. The molecular weight excluding hydrogens is 400 g/mol. The summed E-state index contributed by atoms with van der Waals surface area (Å²) in [6.45, 7) is 15.7. The highest BCUT2D eigenvalue weighted by molar-refractivity contribution is 6.99. The van der Waals surface area contributed by atoms with Gasteiger partial charge in [0.05, 0.1) is 17.3 Å². The minimum absolute atomic E-state index is 0.0238. The number of rotatable bonds is 9. The van der Waals surface area contributed by atoms with Gasteiger partial charge < -0.3 is 14.3 Å². The summed E-state index contributed by atoms with van der Waals surface area (Å²) < 4.78 is 13.2. The zero-order valence-electron chi connectivity index (χ0n) is 20.3. The fourth-order valence-corrected chi connectivity index (χ4v) is 9.50. The largest absolute Gasteiger partial charge is 0.407 e. The molecule has 2 aromatic carbocycles. The van der Waals surface area contributed by atoms with Gasteiger partial charge in [-0.15, -0.1) is 0 Å². The second-order valence-corrected chi connectivity index (χ2v) is 15.4. The van der Waals surface area contributed by atoms with Crippen LogP contribution in [0.4, 0.5) is 0 Å². The number of ether oxygens (including phenoxy) is 1. The van der Waals surface area contributed by atoms with Crippen LogP contribution in [-0.2, 0) is 9.16 Å². The van der Waals surface area contributed by atoms with Crippen LogP contribution < -0.4 is 10.4 Å². The van der Waals surface area contributed by atoms with E-state index in [4.69, 9.17) is 9.16 Å². The van der Waals surface area contributed by atoms with Gasteiger partial charge in [-0.3, -0.25) is 0 Å². The van der Waals surface area contributed by atoms with Crippen LogP contribution in [0, 0.1) is 5.92 Å². The van der Waals surface area contributed by atoms with Crippen LogP contribution in [-0.4, -0.2) is 37.3 Å². The Hall–Kier alpha value is -1.46. The van der Waals surface area contributed by atoms with Crippen molar-refractivity contribution in [2.24, 2.45) is 5.92 Å². The SMILES string of the molecule is C[C@@H](CO[Si](c1ccccc1)(c1ccccc1)C(C)(C)C)C1OC1(C)CCC(C)(C)O. The molecule has 1 aliphatic rings. The van der Waals surface area contributed by atoms with Crippen LogP contribution >= 0.6 is 0 Å². The summed E-state index contributed by atoms with van der Waals surface area (Å²) in [7, 11) is -2.52. The molecule has 3 rings (SSSR count). The minimum Gasteiger partial charge on any atom is -0.407 e. The van der Waals surface area contributed by atoms with E-state index in [1.54, 1.807) is 0 Å². The summed E-state index contributed by atoms with van der Waals surface area (Å²) in [5, 5.41) is 12.7. The molecule has 3 nitrogen and oxygen atoms in total. The molecule has 0 aliphatic carbocycles. The van der Waals surface area contributed by atoms with Crippen molar-refractivity contribution in [3.05, 3.63) is 60.7 Å². The van der Waals surface area contributed by atoms with Crippen LogP contribution in [0.3, 0.4) is 0 Å². The number of hydrogen-bond donors (Lipinski definition) is 1. The van der Waals surface area contributed by atoms with Gasteiger partial charge in [0.25, 0.3) is 8.32 Å². The van der Waals surface area contributed by atoms with E-state index in [2.05, 4.69) is 95.3 Å². The van der Waals surface area contributed by atoms with Crippen molar-refractivity contribution in [1.29, 1.82) is 0 Å². The van der Waals surface area contributed by atoms with Crippen molar-refractivity contribution in [2.75, 3.05) is 6.61 Å². The average molecular weight is 441 g/mol. The molecule has 1 saturated heterocycles. The predicted molar refractivity (Wildman–Crippen MR) is 132 cm³/mol. The van der Waals surface area contributed by atoms with E-state index < -0.39 is 13.9 Å². The van der Waals surface area contributed by atoms with Gasteiger partial charge in [0.1, 0.15) is 0 Å². The van der Waals surface area contributed by atoms with Crippen LogP contribution in [0.1, 0.15) is 61.3 Å². The first-order chi connectivity index (χ1) is 14.4. The van der Waals surface area contributed by atoms with E-state index in [1.807, 2.05) is 13.8 Å². The molecule has 1 aliphatic heterocycles. The van der Waals surface area contributed by atoms with Gasteiger partial charge in [-0.25, -0.2) is 0 Å². The fourth-order valence-electron chi connectivity index (χ4n) is 4.83. The molecule has 3 atom stereocenters. The van der Waals surface area contributed by atoms with E-state index in [-0.39, 0.29) is 22.7 Å². The first-order valence-electron chi connectivity index (χ1n) is 11.5. The average Bonchev–Trinajstić information content (AvgIpc) is 3.39. The Balaban J connectivity index is 1.84. The highest BCUT2D eigenvalue weighted by Gasteiger charge is 2.56. The molecule has 0 amide bonds. The van der Waals surface area contributed by atoms with Gasteiger partial charge >= 0.3 is 0 Å². The van der Waals surface area contributed by atoms with Crippen LogP contribution in [0.15, 0.2) is 60.7 Å². The fraction of sp³-hybridized carbons (Fsp3) is 0.556. The molecule has 1 N–H and O–H groups in total. The van der Waals surface area contributed by atoms with Gasteiger partial charge in [0.2, 0.25) is 0 Å². The summed E-state index contributed by atoms with van der Waals surface area (Å²) in [6.07, 6.45) is 1.78. The summed E-state index contributed by atoms with van der Waals surface area (Å²) in [4.78, 5) is 0. The Morgan fingerprint density at radius 2 is 1.45 bits per heavy atom. The summed E-state index contributed by atoms with van der Waals surface area (Å²) >= 11 is 0. The van der Waals surface area contributed by atoms with Gasteiger partial charge in [-0.1, -0.05) is 88.4 Å². The van der Waals surface area contributed by atoms with E-state index in [1.165, 1.54) is 10.4 Å². The molecule has 0 bridgehead atoms. The maximum absolute atomic E-state index is 10.1. The molecule has 170 valence electrons. The maximum atomic E-state index is 10.1. The van der Waals surface area contributed by atoms with E-state index in [0.29, 0.717) is 6.61 Å². The Bertz CT molecular complexity index is 799. The van der Waals surface area contributed by atoms with E-state index in [0.717, 1.165) is 12.8 Å². The van der Waals surface area contributed by atoms with Crippen LogP contribution in [0.25, 0.3) is 0 Å². The third-order valence-corrected chi connectivity index (χ3v) is 11.7. The lowest BCUT2D eigenvalue weighted by molar-refractivity contribution is 0.0612. The van der Waals surface area contributed by atoms with Crippen molar-refractivity contribution in [3.63, 3.8) is 0 Å². The first-order valence-corrected chi connectivity index (χ1v) is 13.5. The molecule has 0 saturated carbocycles. The van der Waals surface area contributed by atoms with Crippen molar-refractivity contribution in [1.82, 2.24) is 0 Å². The monoisotopic (exact) mass is 440 g/mol. The van der Waals surface area contributed by atoms with Crippen molar-refractivity contribution in [2.45, 2.75) is 83.7 Å². The van der Waals surface area contributed by atoms with Crippen LogP contribution in [0.5, 0.6) is 0 Å². The highest BCUT2D eigenvalue weighted by Crippen LogP contribution is 2.46. The van der Waals surface area contributed by atoms with E-state index >= 15 is 0 Å². The quantitative estimate of drug-likeness (QED) is 0.445. The lowest BCUT2D eigenvalue weighted by atomic mass is 9.90. The normalized spacial score (nSPS) is 22.9. The number of aliphatic hydroxyl groups is 1. The second-order valence-electron chi connectivity index (χ2n) is 11.1. The molecular formula is C27H40O3Si. The summed E-state index contributed by atoms with van der Waals surface area (Å²) in [5.41, 5.74) is -0.817. The topological polar surface area (TPSA) is 42.0 Å².